The fourth-order valence-corrected chi connectivity index (χ4v) is 2.90. The Hall–Kier alpha value is -2.82. The van der Waals surface area contributed by atoms with Gasteiger partial charge in [-0.2, -0.15) is 0 Å². The first kappa shape index (κ1) is 19.9. The molecule has 1 atom stereocenters. The highest BCUT2D eigenvalue weighted by Crippen LogP contribution is 2.21. The maximum atomic E-state index is 12.5. The SMILES string of the molecule is CC(Oc1cccc(NC(=O)c2ccc(Cl)cc2)c1)C(=O)c1cccc(Cl)c1. The van der Waals surface area contributed by atoms with Crippen molar-refractivity contribution in [2.75, 3.05) is 5.32 Å². The van der Waals surface area contributed by atoms with Crippen LogP contribution in [0.3, 0.4) is 0 Å². The zero-order valence-electron chi connectivity index (χ0n) is 15.0. The van der Waals surface area contributed by atoms with E-state index in [1.807, 2.05) is 0 Å². The highest BCUT2D eigenvalue weighted by molar-refractivity contribution is 6.31. The van der Waals surface area contributed by atoms with Crippen LogP contribution in [0.15, 0.2) is 72.8 Å². The van der Waals surface area contributed by atoms with Crippen molar-refractivity contribution in [3.8, 4) is 5.75 Å². The summed E-state index contributed by atoms with van der Waals surface area (Å²) in [6.45, 7) is 1.67. The van der Waals surface area contributed by atoms with Gasteiger partial charge in [0.1, 0.15) is 5.75 Å². The van der Waals surface area contributed by atoms with Crippen molar-refractivity contribution in [1.29, 1.82) is 0 Å². The molecule has 0 spiro atoms. The number of ether oxygens (including phenoxy) is 1. The van der Waals surface area contributed by atoms with Crippen molar-refractivity contribution < 1.29 is 14.3 Å². The molecule has 0 heterocycles. The van der Waals surface area contributed by atoms with E-state index in [-0.39, 0.29) is 11.7 Å². The summed E-state index contributed by atoms with van der Waals surface area (Å²) in [5, 5.41) is 3.85. The number of Topliss-reactive ketones (excluding diaryl/α,β-unsaturated/α-hetero) is 1. The molecule has 0 saturated heterocycles. The largest absolute Gasteiger partial charge is 0.482 e. The fraction of sp³-hybridized carbons (Fsp3) is 0.0909. The molecule has 3 aromatic rings. The third-order valence-electron chi connectivity index (χ3n) is 3.99. The molecule has 3 aromatic carbocycles. The summed E-state index contributed by atoms with van der Waals surface area (Å²) in [6.07, 6.45) is -0.708. The average molecular weight is 414 g/mol. The van der Waals surface area contributed by atoms with E-state index in [4.69, 9.17) is 27.9 Å². The van der Waals surface area contributed by atoms with E-state index < -0.39 is 6.10 Å². The van der Waals surface area contributed by atoms with Crippen molar-refractivity contribution in [2.45, 2.75) is 13.0 Å². The third-order valence-corrected chi connectivity index (χ3v) is 4.48. The molecule has 28 heavy (non-hydrogen) atoms. The molecule has 0 aliphatic carbocycles. The molecule has 0 fully saturated rings. The minimum atomic E-state index is -0.708. The van der Waals surface area contributed by atoms with E-state index in [1.54, 1.807) is 79.7 Å². The van der Waals surface area contributed by atoms with Crippen LogP contribution in [-0.2, 0) is 0 Å². The summed E-state index contributed by atoms with van der Waals surface area (Å²) in [7, 11) is 0. The van der Waals surface area contributed by atoms with Gasteiger partial charge in [0.15, 0.2) is 6.10 Å². The molecule has 4 nitrogen and oxygen atoms in total. The highest BCUT2D eigenvalue weighted by Gasteiger charge is 2.17. The van der Waals surface area contributed by atoms with E-state index in [0.717, 1.165) is 0 Å². The van der Waals surface area contributed by atoms with Gasteiger partial charge in [-0.15, -0.1) is 0 Å². The Labute approximate surface area is 173 Å². The van der Waals surface area contributed by atoms with E-state index in [1.165, 1.54) is 0 Å². The number of carbonyl (C=O) groups is 2. The van der Waals surface area contributed by atoms with Crippen LogP contribution in [0, 0.1) is 0 Å². The van der Waals surface area contributed by atoms with E-state index in [9.17, 15) is 9.59 Å². The third kappa shape index (κ3) is 5.12. The van der Waals surface area contributed by atoms with Gasteiger partial charge in [0, 0.05) is 32.9 Å². The topological polar surface area (TPSA) is 55.4 Å². The van der Waals surface area contributed by atoms with Crippen LogP contribution in [0.4, 0.5) is 5.69 Å². The predicted octanol–water partition coefficient (Wildman–Crippen LogP) is 5.90. The van der Waals surface area contributed by atoms with Crippen molar-refractivity contribution in [3.05, 3.63) is 94.0 Å². The molecule has 142 valence electrons. The van der Waals surface area contributed by atoms with Crippen LogP contribution in [0.1, 0.15) is 27.6 Å². The Kier molecular flexibility index (Phi) is 6.34. The van der Waals surface area contributed by atoms with Gasteiger partial charge in [-0.3, -0.25) is 9.59 Å². The summed E-state index contributed by atoms with van der Waals surface area (Å²) in [4.78, 5) is 24.8. The number of hydrogen-bond donors (Lipinski definition) is 1. The number of rotatable bonds is 6. The number of halogens is 2. The second kappa shape index (κ2) is 8.91. The van der Waals surface area contributed by atoms with Crippen LogP contribution in [-0.4, -0.2) is 17.8 Å². The van der Waals surface area contributed by atoms with Gasteiger partial charge in [-0.25, -0.2) is 0 Å². The molecular formula is C22H17Cl2NO3. The van der Waals surface area contributed by atoms with Crippen LogP contribution < -0.4 is 10.1 Å². The predicted molar refractivity (Wildman–Crippen MR) is 112 cm³/mol. The molecular weight excluding hydrogens is 397 g/mol. The molecule has 0 aliphatic rings. The maximum absolute atomic E-state index is 12.5. The molecule has 6 heteroatoms. The van der Waals surface area contributed by atoms with Gasteiger partial charge >= 0.3 is 0 Å². The average Bonchev–Trinajstić information content (AvgIpc) is 2.68. The second-order valence-corrected chi connectivity index (χ2v) is 7.00. The first-order valence-corrected chi connectivity index (χ1v) is 9.31. The second-order valence-electron chi connectivity index (χ2n) is 6.12. The van der Waals surface area contributed by atoms with Crippen LogP contribution in [0.25, 0.3) is 0 Å². The number of hydrogen-bond acceptors (Lipinski definition) is 3. The van der Waals surface area contributed by atoms with Crippen LogP contribution >= 0.6 is 23.2 Å². The van der Waals surface area contributed by atoms with Crippen LogP contribution in [0.2, 0.25) is 10.0 Å². The number of nitrogens with one attached hydrogen (secondary N) is 1. The number of benzene rings is 3. The fourth-order valence-electron chi connectivity index (χ4n) is 2.59. The summed E-state index contributed by atoms with van der Waals surface area (Å²) in [5.41, 5.74) is 1.52. The van der Waals surface area contributed by atoms with Gasteiger partial charge in [-0.05, 0) is 55.5 Å². The minimum absolute atomic E-state index is 0.182. The summed E-state index contributed by atoms with van der Waals surface area (Å²) in [5.74, 6) is 0.0201. The normalized spacial score (nSPS) is 11.5. The number of anilines is 1. The monoisotopic (exact) mass is 413 g/mol. The van der Waals surface area contributed by atoms with E-state index in [0.29, 0.717) is 32.6 Å². The van der Waals surface area contributed by atoms with Crippen molar-refractivity contribution in [2.24, 2.45) is 0 Å². The van der Waals surface area contributed by atoms with Crippen LogP contribution in [0.5, 0.6) is 5.75 Å². The van der Waals surface area contributed by atoms with Gasteiger partial charge in [0.25, 0.3) is 5.91 Å². The Bertz CT molecular complexity index is 1000. The summed E-state index contributed by atoms with van der Waals surface area (Å²) in [6, 6.07) is 20.2. The van der Waals surface area contributed by atoms with E-state index >= 15 is 0 Å². The van der Waals surface area contributed by atoms with Crippen molar-refractivity contribution in [1.82, 2.24) is 0 Å². The molecule has 0 radical (unpaired) electrons. The number of amides is 1. The summed E-state index contributed by atoms with van der Waals surface area (Å²) < 4.78 is 5.75. The molecule has 1 N–H and O–H groups in total. The molecule has 1 unspecified atom stereocenters. The van der Waals surface area contributed by atoms with Gasteiger partial charge in [0.2, 0.25) is 5.78 Å². The van der Waals surface area contributed by atoms with E-state index in [2.05, 4.69) is 5.32 Å². The zero-order chi connectivity index (χ0) is 20.1. The number of ketones is 1. The zero-order valence-corrected chi connectivity index (χ0v) is 16.5. The Morgan fingerprint density at radius 1 is 0.857 bits per heavy atom. The quantitative estimate of drug-likeness (QED) is 0.512. The van der Waals surface area contributed by atoms with Gasteiger partial charge in [0.05, 0.1) is 0 Å². The van der Waals surface area contributed by atoms with Crippen molar-refractivity contribution in [3.63, 3.8) is 0 Å². The molecule has 0 aromatic heterocycles. The lowest BCUT2D eigenvalue weighted by Crippen LogP contribution is -2.24. The van der Waals surface area contributed by atoms with Crippen molar-refractivity contribution >= 4 is 40.6 Å². The molecule has 0 aliphatic heterocycles. The molecule has 1 amide bonds. The first-order valence-electron chi connectivity index (χ1n) is 8.56. The summed E-state index contributed by atoms with van der Waals surface area (Å²) >= 11 is 11.8. The standard InChI is InChI=1S/C22H17Cl2NO3/c1-14(21(26)16-4-2-5-18(24)12-16)28-20-7-3-6-19(13-20)25-22(27)15-8-10-17(23)11-9-15/h2-14H,1H3,(H,25,27). The lowest BCUT2D eigenvalue weighted by molar-refractivity contribution is 0.0818. The Morgan fingerprint density at radius 3 is 2.29 bits per heavy atom. The lowest BCUT2D eigenvalue weighted by Gasteiger charge is -2.15. The molecule has 3 rings (SSSR count). The minimum Gasteiger partial charge on any atom is -0.482 e. The molecule has 0 bridgehead atoms. The number of carbonyl (C=O) groups excluding carboxylic acids is 2. The first-order chi connectivity index (χ1) is 13.4. The lowest BCUT2D eigenvalue weighted by atomic mass is 10.1. The maximum Gasteiger partial charge on any atom is 0.255 e. The van der Waals surface area contributed by atoms with Gasteiger partial charge in [-0.1, -0.05) is 41.4 Å². The highest BCUT2D eigenvalue weighted by atomic mass is 35.5. The Balaban J connectivity index is 1.68. The smallest absolute Gasteiger partial charge is 0.255 e. The molecule has 0 saturated carbocycles. The van der Waals surface area contributed by atoms with Gasteiger partial charge < -0.3 is 10.1 Å². The Morgan fingerprint density at radius 2 is 1.57 bits per heavy atom.